The van der Waals surface area contributed by atoms with Gasteiger partial charge in [-0.1, -0.05) is 30.3 Å². The molecule has 0 radical (unpaired) electrons. The van der Waals surface area contributed by atoms with Gasteiger partial charge in [0.05, 0.1) is 20.3 Å². The fraction of sp³-hybridized carbons (Fsp3) is 0.368. The standard InChI is InChI=1S/C19H21NO3/c1-21-16-9-7-15(8-10-16)20-13-17(14-5-3-2-4-6-14)18-19(20)23-12-11-22-18/h2-10,17-19H,11-13H2,1H3/t17-,18+,19+/m0/s1. The van der Waals surface area contributed by atoms with Crippen LogP contribution in [0.4, 0.5) is 5.69 Å². The molecule has 0 aromatic heterocycles. The van der Waals surface area contributed by atoms with Crippen molar-refractivity contribution in [1.29, 1.82) is 0 Å². The van der Waals surface area contributed by atoms with Crippen LogP contribution in [0, 0.1) is 0 Å². The third-order valence-electron chi connectivity index (χ3n) is 4.69. The maximum atomic E-state index is 6.07. The molecule has 0 unspecified atom stereocenters. The van der Waals surface area contributed by atoms with E-state index in [0.29, 0.717) is 19.1 Å². The number of rotatable bonds is 3. The molecule has 2 aromatic carbocycles. The van der Waals surface area contributed by atoms with Gasteiger partial charge in [0.15, 0.2) is 6.23 Å². The molecule has 0 saturated carbocycles. The van der Waals surface area contributed by atoms with Crippen LogP contribution in [0.5, 0.6) is 5.75 Å². The van der Waals surface area contributed by atoms with E-state index in [9.17, 15) is 0 Å². The number of nitrogens with zero attached hydrogens (tertiary/aromatic N) is 1. The summed E-state index contributed by atoms with van der Waals surface area (Å²) in [5.41, 5.74) is 2.45. The van der Waals surface area contributed by atoms with Crippen LogP contribution in [0.3, 0.4) is 0 Å². The van der Waals surface area contributed by atoms with Crippen LogP contribution < -0.4 is 9.64 Å². The molecule has 0 spiro atoms. The molecule has 2 saturated heterocycles. The molecule has 0 amide bonds. The van der Waals surface area contributed by atoms with Gasteiger partial charge in [-0.2, -0.15) is 0 Å². The summed E-state index contributed by atoms with van der Waals surface area (Å²) in [6.45, 7) is 2.21. The Morgan fingerprint density at radius 1 is 0.957 bits per heavy atom. The van der Waals surface area contributed by atoms with E-state index in [4.69, 9.17) is 14.2 Å². The molecule has 120 valence electrons. The predicted octanol–water partition coefficient (Wildman–Crippen LogP) is 3.04. The summed E-state index contributed by atoms with van der Waals surface area (Å²) in [4.78, 5) is 2.31. The molecule has 2 aromatic rings. The monoisotopic (exact) mass is 311 g/mol. The van der Waals surface area contributed by atoms with Gasteiger partial charge in [0.25, 0.3) is 0 Å². The Morgan fingerprint density at radius 3 is 2.43 bits per heavy atom. The minimum absolute atomic E-state index is 0.0256. The Morgan fingerprint density at radius 2 is 1.70 bits per heavy atom. The molecule has 0 N–H and O–H groups in total. The Kier molecular flexibility index (Phi) is 3.93. The average Bonchev–Trinajstić information content (AvgIpc) is 3.02. The van der Waals surface area contributed by atoms with Crippen molar-refractivity contribution in [2.75, 3.05) is 31.8 Å². The van der Waals surface area contributed by atoms with Crippen molar-refractivity contribution in [3.05, 3.63) is 60.2 Å². The van der Waals surface area contributed by atoms with Crippen molar-refractivity contribution in [2.45, 2.75) is 18.2 Å². The third-order valence-corrected chi connectivity index (χ3v) is 4.69. The van der Waals surface area contributed by atoms with Gasteiger partial charge in [-0.05, 0) is 29.8 Å². The van der Waals surface area contributed by atoms with E-state index in [2.05, 4.69) is 47.4 Å². The molecule has 2 heterocycles. The van der Waals surface area contributed by atoms with E-state index in [1.165, 1.54) is 5.56 Å². The lowest BCUT2D eigenvalue weighted by molar-refractivity contribution is -0.128. The minimum atomic E-state index is -0.0256. The smallest absolute Gasteiger partial charge is 0.157 e. The van der Waals surface area contributed by atoms with Crippen molar-refractivity contribution in [2.24, 2.45) is 0 Å². The van der Waals surface area contributed by atoms with Gasteiger partial charge in [0.1, 0.15) is 11.9 Å². The average molecular weight is 311 g/mol. The number of benzene rings is 2. The summed E-state index contributed by atoms with van der Waals surface area (Å²) in [6, 6.07) is 18.7. The van der Waals surface area contributed by atoms with Crippen molar-refractivity contribution < 1.29 is 14.2 Å². The maximum absolute atomic E-state index is 6.07. The molecular weight excluding hydrogens is 290 g/mol. The lowest BCUT2D eigenvalue weighted by Gasteiger charge is -2.33. The van der Waals surface area contributed by atoms with Gasteiger partial charge >= 0.3 is 0 Å². The molecule has 2 aliphatic heterocycles. The van der Waals surface area contributed by atoms with E-state index >= 15 is 0 Å². The number of fused-ring (bicyclic) bond motifs is 1. The van der Waals surface area contributed by atoms with Gasteiger partial charge in [-0.25, -0.2) is 0 Å². The zero-order chi connectivity index (χ0) is 15.6. The molecule has 0 aliphatic carbocycles. The third kappa shape index (κ3) is 2.69. The molecule has 4 nitrogen and oxygen atoms in total. The van der Waals surface area contributed by atoms with Gasteiger partial charge in [0.2, 0.25) is 0 Å². The van der Waals surface area contributed by atoms with Gasteiger partial charge in [0, 0.05) is 18.2 Å². The van der Waals surface area contributed by atoms with Crippen LogP contribution >= 0.6 is 0 Å². The van der Waals surface area contributed by atoms with Crippen LogP contribution in [0.25, 0.3) is 0 Å². The lowest BCUT2D eigenvalue weighted by atomic mass is 9.95. The molecule has 4 rings (SSSR count). The van der Waals surface area contributed by atoms with E-state index in [1.54, 1.807) is 7.11 Å². The highest BCUT2D eigenvalue weighted by Crippen LogP contribution is 2.39. The highest BCUT2D eigenvalue weighted by molar-refractivity contribution is 5.52. The quantitative estimate of drug-likeness (QED) is 0.872. The van der Waals surface area contributed by atoms with Crippen LogP contribution in [-0.2, 0) is 9.47 Å². The fourth-order valence-electron chi connectivity index (χ4n) is 3.55. The first kappa shape index (κ1) is 14.5. The zero-order valence-electron chi connectivity index (χ0n) is 13.2. The predicted molar refractivity (Wildman–Crippen MR) is 89.0 cm³/mol. The largest absolute Gasteiger partial charge is 0.497 e. The second-order valence-electron chi connectivity index (χ2n) is 5.96. The van der Waals surface area contributed by atoms with E-state index < -0.39 is 0 Å². The van der Waals surface area contributed by atoms with Gasteiger partial charge in [-0.3, -0.25) is 0 Å². The first-order valence-electron chi connectivity index (χ1n) is 8.05. The molecule has 2 aliphatic rings. The molecular formula is C19H21NO3. The van der Waals surface area contributed by atoms with Gasteiger partial charge in [-0.15, -0.1) is 0 Å². The molecule has 4 heteroatoms. The van der Waals surface area contributed by atoms with Crippen LogP contribution in [0.2, 0.25) is 0 Å². The Labute approximate surface area is 136 Å². The highest BCUT2D eigenvalue weighted by atomic mass is 16.6. The van der Waals surface area contributed by atoms with Crippen molar-refractivity contribution in [3.8, 4) is 5.75 Å². The van der Waals surface area contributed by atoms with Crippen LogP contribution in [-0.4, -0.2) is 39.2 Å². The topological polar surface area (TPSA) is 30.9 Å². The number of anilines is 1. The first-order valence-corrected chi connectivity index (χ1v) is 8.05. The molecule has 23 heavy (non-hydrogen) atoms. The first-order chi connectivity index (χ1) is 11.4. The van der Waals surface area contributed by atoms with Crippen LogP contribution in [0.1, 0.15) is 11.5 Å². The maximum Gasteiger partial charge on any atom is 0.157 e. The second-order valence-corrected chi connectivity index (χ2v) is 5.96. The fourth-order valence-corrected chi connectivity index (χ4v) is 3.55. The van der Waals surface area contributed by atoms with Gasteiger partial charge < -0.3 is 19.1 Å². The van der Waals surface area contributed by atoms with E-state index in [-0.39, 0.29) is 12.3 Å². The normalized spacial score (nSPS) is 26.8. The highest BCUT2D eigenvalue weighted by Gasteiger charge is 2.45. The molecule has 2 fully saturated rings. The number of ether oxygens (including phenoxy) is 3. The Bertz CT molecular complexity index is 643. The summed E-state index contributed by atoms with van der Waals surface area (Å²) in [5, 5.41) is 0. The molecule has 0 bridgehead atoms. The summed E-state index contributed by atoms with van der Waals surface area (Å²) < 4.78 is 17.4. The van der Waals surface area contributed by atoms with Crippen LogP contribution in [0.15, 0.2) is 54.6 Å². The van der Waals surface area contributed by atoms with Crippen molar-refractivity contribution in [1.82, 2.24) is 0 Å². The van der Waals surface area contributed by atoms with Crippen molar-refractivity contribution >= 4 is 5.69 Å². The Hall–Kier alpha value is -2.04. The van der Waals surface area contributed by atoms with E-state index in [0.717, 1.165) is 18.0 Å². The minimum Gasteiger partial charge on any atom is -0.497 e. The second kappa shape index (κ2) is 6.22. The summed E-state index contributed by atoms with van der Waals surface area (Å²) in [5.74, 6) is 1.19. The summed E-state index contributed by atoms with van der Waals surface area (Å²) >= 11 is 0. The van der Waals surface area contributed by atoms with Crippen molar-refractivity contribution in [3.63, 3.8) is 0 Å². The number of hydrogen-bond donors (Lipinski definition) is 0. The Balaban J connectivity index is 1.64. The summed E-state index contributed by atoms with van der Waals surface area (Å²) in [6.07, 6.45) is 0.0515. The van der Waals surface area contributed by atoms with E-state index in [1.807, 2.05) is 12.1 Å². The summed E-state index contributed by atoms with van der Waals surface area (Å²) in [7, 11) is 1.68. The molecule has 3 atom stereocenters. The SMILES string of the molecule is COc1ccc(N2C[C@@H](c3ccccc3)[C@H]3OCCO[C@H]32)cc1. The lowest BCUT2D eigenvalue weighted by Crippen LogP contribution is -2.44. The number of hydrogen-bond acceptors (Lipinski definition) is 4. The number of methoxy groups -OCH3 is 1. The zero-order valence-corrected chi connectivity index (χ0v) is 13.2.